The zero-order valence-electron chi connectivity index (χ0n) is 15.0. The first kappa shape index (κ1) is 21.6. The first-order chi connectivity index (χ1) is 13.0. The molecule has 0 spiro atoms. The number of ether oxygens (including phenoxy) is 2. The summed E-state index contributed by atoms with van der Waals surface area (Å²) in [5, 5.41) is 2.58. The van der Waals surface area contributed by atoms with Crippen molar-refractivity contribution in [1.82, 2.24) is 0 Å². The maximum absolute atomic E-state index is 12.9. The monoisotopic (exact) mass is 415 g/mol. The summed E-state index contributed by atoms with van der Waals surface area (Å²) in [5.74, 6) is -1.41. The van der Waals surface area contributed by atoms with E-state index in [2.05, 4.69) is 5.32 Å². The van der Waals surface area contributed by atoms with Gasteiger partial charge in [0, 0.05) is 5.02 Å². The normalized spacial score (nSPS) is 11.6. The van der Waals surface area contributed by atoms with Crippen molar-refractivity contribution in [3.8, 4) is 5.75 Å². The van der Waals surface area contributed by atoms with Crippen LogP contribution in [0.4, 0.5) is 18.9 Å². The summed E-state index contributed by atoms with van der Waals surface area (Å²) < 4.78 is 49.2. The van der Waals surface area contributed by atoms with Gasteiger partial charge in [-0.1, -0.05) is 23.7 Å². The number of halogens is 4. The van der Waals surface area contributed by atoms with Gasteiger partial charge in [-0.15, -0.1) is 0 Å². The number of carbonyl (C=O) groups is 2. The number of para-hydroxylation sites is 1. The second-order valence-electron chi connectivity index (χ2n) is 6.23. The van der Waals surface area contributed by atoms with Gasteiger partial charge in [-0.25, -0.2) is 4.79 Å². The second-order valence-corrected chi connectivity index (χ2v) is 6.67. The molecule has 28 heavy (non-hydrogen) atoms. The Bertz CT molecular complexity index is 851. The van der Waals surface area contributed by atoms with Crippen molar-refractivity contribution in [2.24, 2.45) is 0 Å². The molecule has 0 aliphatic carbocycles. The lowest BCUT2D eigenvalue weighted by Gasteiger charge is -2.24. The van der Waals surface area contributed by atoms with Gasteiger partial charge < -0.3 is 14.8 Å². The number of nitrogens with one attached hydrogen (secondary N) is 1. The van der Waals surface area contributed by atoms with Crippen LogP contribution in [0.2, 0.25) is 5.02 Å². The minimum Gasteiger partial charge on any atom is -0.476 e. The molecule has 2 aromatic carbocycles. The smallest absolute Gasteiger partial charge is 0.418 e. The number of benzene rings is 2. The summed E-state index contributed by atoms with van der Waals surface area (Å²) in [5.41, 5.74) is -2.85. The Hall–Kier alpha value is -2.74. The molecule has 0 unspecified atom stereocenters. The van der Waals surface area contributed by atoms with E-state index in [1.54, 1.807) is 24.3 Å². The van der Waals surface area contributed by atoms with Gasteiger partial charge in [0.1, 0.15) is 5.75 Å². The van der Waals surface area contributed by atoms with Crippen LogP contribution >= 0.6 is 11.6 Å². The maximum atomic E-state index is 12.9. The van der Waals surface area contributed by atoms with E-state index in [4.69, 9.17) is 21.1 Å². The summed E-state index contributed by atoms with van der Waals surface area (Å²) in [6.45, 7) is 2.10. The zero-order chi connectivity index (χ0) is 20.9. The molecule has 1 amide bonds. The average Bonchev–Trinajstić information content (AvgIpc) is 2.61. The quantitative estimate of drug-likeness (QED) is 0.695. The lowest BCUT2D eigenvalue weighted by atomic mass is 10.1. The average molecular weight is 416 g/mol. The van der Waals surface area contributed by atoms with E-state index in [0.29, 0.717) is 10.8 Å². The summed E-state index contributed by atoms with van der Waals surface area (Å²) >= 11 is 5.77. The van der Waals surface area contributed by atoms with E-state index in [9.17, 15) is 22.8 Å². The molecule has 0 fully saturated rings. The number of alkyl halides is 3. The Kier molecular flexibility index (Phi) is 6.56. The fourth-order valence-corrected chi connectivity index (χ4v) is 2.30. The van der Waals surface area contributed by atoms with Gasteiger partial charge in [0.05, 0.1) is 11.3 Å². The molecule has 0 radical (unpaired) electrons. The number of rotatable bonds is 6. The van der Waals surface area contributed by atoms with Gasteiger partial charge in [-0.2, -0.15) is 13.2 Å². The van der Waals surface area contributed by atoms with Gasteiger partial charge in [0.15, 0.2) is 12.2 Å². The van der Waals surface area contributed by atoms with Gasteiger partial charge in [-0.05, 0) is 50.2 Å². The Morgan fingerprint density at radius 2 is 1.64 bits per heavy atom. The van der Waals surface area contributed by atoms with Crippen LogP contribution in [0.3, 0.4) is 0 Å². The molecule has 2 rings (SSSR count). The Morgan fingerprint density at radius 3 is 2.25 bits per heavy atom. The van der Waals surface area contributed by atoms with Crippen LogP contribution in [-0.4, -0.2) is 24.1 Å². The molecule has 0 aromatic heterocycles. The summed E-state index contributed by atoms with van der Waals surface area (Å²) in [4.78, 5) is 24.1. The van der Waals surface area contributed by atoms with Crippen LogP contribution in [0.1, 0.15) is 19.4 Å². The molecule has 0 aliphatic heterocycles. The van der Waals surface area contributed by atoms with E-state index in [-0.39, 0.29) is 0 Å². The number of carbonyl (C=O) groups excluding carboxylic acids is 2. The summed E-state index contributed by atoms with van der Waals surface area (Å²) in [7, 11) is 0. The van der Waals surface area contributed by atoms with Crippen molar-refractivity contribution in [2.45, 2.75) is 25.6 Å². The van der Waals surface area contributed by atoms with Gasteiger partial charge >= 0.3 is 12.1 Å². The third-order valence-corrected chi connectivity index (χ3v) is 3.77. The van der Waals surface area contributed by atoms with Crippen LogP contribution in [0.15, 0.2) is 48.5 Å². The third-order valence-electron chi connectivity index (χ3n) is 3.52. The topological polar surface area (TPSA) is 64.6 Å². The van der Waals surface area contributed by atoms with Crippen molar-refractivity contribution in [3.63, 3.8) is 0 Å². The highest BCUT2D eigenvalue weighted by Gasteiger charge is 2.34. The number of hydrogen-bond acceptors (Lipinski definition) is 4. The zero-order valence-corrected chi connectivity index (χ0v) is 15.7. The highest BCUT2D eigenvalue weighted by atomic mass is 35.5. The molecule has 0 atom stereocenters. The van der Waals surface area contributed by atoms with Crippen molar-refractivity contribution in [1.29, 1.82) is 0 Å². The highest BCUT2D eigenvalue weighted by molar-refractivity contribution is 6.30. The molecule has 0 bridgehead atoms. The van der Waals surface area contributed by atoms with Crippen LogP contribution in [-0.2, 0) is 20.5 Å². The van der Waals surface area contributed by atoms with E-state index in [0.717, 1.165) is 12.1 Å². The van der Waals surface area contributed by atoms with Crippen LogP contribution in [0.25, 0.3) is 0 Å². The fourth-order valence-electron chi connectivity index (χ4n) is 2.17. The maximum Gasteiger partial charge on any atom is 0.418 e. The standard InChI is InChI=1S/C19H17ClF3NO4/c1-18(2,28-13-9-7-12(20)8-10-13)17(26)27-11-16(25)24-15-6-4-3-5-14(15)19(21,22)23/h3-10H,11H2,1-2H3,(H,24,25). The molecule has 0 aliphatic rings. The molecule has 5 nitrogen and oxygen atoms in total. The molecule has 0 saturated heterocycles. The Labute approximate surface area is 164 Å². The molecule has 0 heterocycles. The molecule has 2 aromatic rings. The van der Waals surface area contributed by atoms with E-state index >= 15 is 0 Å². The first-order valence-electron chi connectivity index (χ1n) is 8.07. The first-order valence-corrected chi connectivity index (χ1v) is 8.45. The predicted molar refractivity (Wildman–Crippen MR) is 97.2 cm³/mol. The van der Waals surface area contributed by atoms with E-state index in [1.165, 1.54) is 26.0 Å². The SMILES string of the molecule is CC(C)(Oc1ccc(Cl)cc1)C(=O)OCC(=O)Nc1ccccc1C(F)(F)F. The molecular formula is C19H17ClF3NO4. The number of anilines is 1. The van der Waals surface area contributed by atoms with Crippen LogP contribution in [0.5, 0.6) is 5.75 Å². The van der Waals surface area contributed by atoms with Gasteiger partial charge in [0.25, 0.3) is 5.91 Å². The Balaban J connectivity index is 1.95. The number of amides is 1. The minimum absolute atomic E-state index is 0.356. The van der Waals surface area contributed by atoms with Gasteiger partial charge in [-0.3, -0.25) is 4.79 Å². The number of hydrogen-bond donors (Lipinski definition) is 1. The second kappa shape index (κ2) is 8.52. The largest absolute Gasteiger partial charge is 0.476 e. The summed E-state index contributed by atoms with van der Waals surface area (Å²) in [6.07, 6.45) is -4.63. The predicted octanol–water partition coefficient (Wildman–Crippen LogP) is 4.70. The van der Waals surface area contributed by atoms with Crippen molar-refractivity contribution in [2.75, 3.05) is 11.9 Å². The lowest BCUT2D eigenvalue weighted by Crippen LogP contribution is -2.41. The molecule has 1 N–H and O–H groups in total. The lowest BCUT2D eigenvalue weighted by molar-refractivity contribution is -0.161. The third kappa shape index (κ3) is 5.88. The molecule has 0 saturated carbocycles. The van der Waals surface area contributed by atoms with E-state index < -0.39 is 41.5 Å². The van der Waals surface area contributed by atoms with Gasteiger partial charge in [0.2, 0.25) is 0 Å². The highest BCUT2D eigenvalue weighted by Crippen LogP contribution is 2.34. The minimum atomic E-state index is -4.63. The van der Waals surface area contributed by atoms with Crippen molar-refractivity contribution >= 4 is 29.2 Å². The van der Waals surface area contributed by atoms with Crippen molar-refractivity contribution < 1.29 is 32.2 Å². The molecular weight excluding hydrogens is 399 g/mol. The molecule has 150 valence electrons. The van der Waals surface area contributed by atoms with E-state index in [1.807, 2.05) is 0 Å². The van der Waals surface area contributed by atoms with Crippen LogP contribution in [0, 0.1) is 0 Å². The number of esters is 1. The van der Waals surface area contributed by atoms with Crippen LogP contribution < -0.4 is 10.1 Å². The fraction of sp³-hybridized carbons (Fsp3) is 0.263. The van der Waals surface area contributed by atoms with Crippen molar-refractivity contribution in [3.05, 3.63) is 59.1 Å². The molecule has 9 heteroatoms. The Morgan fingerprint density at radius 1 is 1.04 bits per heavy atom. The summed E-state index contributed by atoms with van der Waals surface area (Å²) in [6, 6.07) is 10.7.